The average molecular weight is 348 g/mol. The van der Waals surface area contributed by atoms with Gasteiger partial charge in [0.15, 0.2) is 0 Å². The number of piperazine rings is 1. The first-order chi connectivity index (χ1) is 11.6. The van der Waals surface area contributed by atoms with Crippen molar-refractivity contribution in [3.8, 4) is 0 Å². The Balaban J connectivity index is 1.73. The van der Waals surface area contributed by atoms with E-state index in [2.05, 4.69) is 0 Å². The van der Waals surface area contributed by atoms with Gasteiger partial charge in [0, 0.05) is 24.0 Å². The van der Waals surface area contributed by atoms with Gasteiger partial charge in [-0.15, -0.1) is 11.8 Å². The van der Waals surface area contributed by atoms with Crippen molar-refractivity contribution in [2.75, 3.05) is 25.9 Å². The normalized spacial score (nSPS) is 21.2. The molecule has 1 N–H and O–H groups in total. The van der Waals surface area contributed by atoms with E-state index in [-0.39, 0.29) is 12.5 Å². The maximum Gasteiger partial charge on any atom is 0.325 e. The highest BCUT2D eigenvalue weighted by atomic mass is 32.2. The van der Waals surface area contributed by atoms with Gasteiger partial charge in [-0.1, -0.05) is 25.0 Å². The Hall–Kier alpha value is -1.53. The standard InChI is InChI=1S/C18H24N2O3S/c1-24-15-8-6-13(7-9-15)17(18(22)23)19-10-11-20(16(21)12-19)14-4-2-3-5-14/h6-9,14,17H,2-5,10-12H2,1H3,(H,22,23)/t17-/m0/s1. The lowest BCUT2D eigenvalue weighted by atomic mass is 10.0. The maximum absolute atomic E-state index is 12.5. The van der Waals surface area contributed by atoms with Crippen molar-refractivity contribution in [3.05, 3.63) is 29.8 Å². The number of hydrogen-bond acceptors (Lipinski definition) is 4. The second kappa shape index (κ2) is 7.57. The topological polar surface area (TPSA) is 60.9 Å². The molecule has 1 atom stereocenters. The molecule has 1 aliphatic heterocycles. The minimum atomic E-state index is -0.894. The number of carbonyl (C=O) groups is 2. The zero-order valence-electron chi connectivity index (χ0n) is 14.0. The smallest absolute Gasteiger partial charge is 0.325 e. The molecule has 5 nitrogen and oxygen atoms in total. The van der Waals surface area contributed by atoms with Crippen LogP contribution in [0.2, 0.25) is 0 Å². The fraction of sp³-hybridized carbons (Fsp3) is 0.556. The number of aliphatic carboxylic acids is 1. The molecule has 1 heterocycles. The predicted molar refractivity (Wildman–Crippen MR) is 94.1 cm³/mol. The van der Waals surface area contributed by atoms with E-state index in [1.807, 2.05) is 35.4 Å². The average Bonchev–Trinajstić information content (AvgIpc) is 3.10. The first-order valence-electron chi connectivity index (χ1n) is 8.50. The van der Waals surface area contributed by atoms with E-state index in [4.69, 9.17) is 0 Å². The van der Waals surface area contributed by atoms with E-state index >= 15 is 0 Å². The van der Waals surface area contributed by atoms with Crippen LogP contribution in [-0.2, 0) is 9.59 Å². The van der Waals surface area contributed by atoms with Crippen LogP contribution in [0.3, 0.4) is 0 Å². The summed E-state index contributed by atoms with van der Waals surface area (Å²) in [5.41, 5.74) is 0.738. The van der Waals surface area contributed by atoms with Crippen molar-refractivity contribution in [1.82, 2.24) is 9.80 Å². The number of benzene rings is 1. The SMILES string of the molecule is CSc1ccc([C@@H](C(=O)O)N2CCN(C3CCCC3)C(=O)C2)cc1. The Morgan fingerprint density at radius 1 is 1.21 bits per heavy atom. The van der Waals surface area contributed by atoms with Gasteiger partial charge in [0.2, 0.25) is 5.91 Å². The molecule has 1 saturated heterocycles. The summed E-state index contributed by atoms with van der Waals surface area (Å²) in [6, 6.07) is 7.20. The van der Waals surface area contributed by atoms with Crippen molar-refractivity contribution >= 4 is 23.6 Å². The van der Waals surface area contributed by atoms with E-state index in [0.717, 1.165) is 23.3 Å². The molecule has 1 aliphatic carbocycles. The molecule has 3 rings (SSSR count). The van der Waals surface area contributed by atoms with Gasteiger partial charge in [-0.25, -0.2) is 0 Å². The molecular formula is C18H24N2O3S. The molecule has 1 amide bonds. The fourth-order valence-electron chi connectivity index (χ4n) is 3.82. The van der Waals surface area contributed by atoms with E-state index in [0.29, 0.717) is 19.1 Å². The molecule has 0 unspecified atom stereocenters. The second-order valence-corrected chi connectivity index (χ2v) is 7.39. The summed E-state index contributed by atoms with van der Waals surface area (Å²) in [5.74, 6) is -0.825. The van der Waals surface area contributed by atoms with Crippen molar-refractivity contribution in [2.24, 2.45) is 0 Å². The predicted octanol–water partition coefficient (Wildman–Crippen LogP) is 2.62. The molecule has 0 bridgehead atoms. The van der Waals surface area contributed by atoms with Crippen LogP contribution < -0.4 is 0 Å². The van der Waals surface area contributed by atoms with Crippen LogP contribution in [0.5, 0.6) is 0 Å². The summed E-state index contributed by atoms with van der Waals surface area (Å²) in [5, 5.41) is 9.70. The zero-order valence-corrected chi connectivity index (χ0v) is 14.8. The van der Waals surface area contributed by atoms with E-state index < -0.39 is 12.0 Å². The summed E-state index contributed by atoms with van der Waals surface area (Å²) < 4.78 is 0. The molecule has 0 aromatic heterocycles. The van der Waals surface area contributed by atoms with E-state index in [1.54, 1.807) is 16.7 Å². The van der Waals surface area contributed by atoms with Crippen molar-refractivity contribution in [3.63, 3.8) is 0 Å². The molecule has 24 heavy (non-hydrogen) atoms. The number of carboxylic acid groups (broad SMARTS) is 1. The molecule has 0 spiro atoms. The minimum Gasteiger partial charge on any atom is -0.480 e. The summed E-state index contributed by atoms with van der Waals surface area (Å²) in [7, 11) is 0. The van der Waals surface area contributed by atoms with Gasteiger partial charge in [-0.3, -0.25) is 14.5 Å². The number of rotatable bonds is 5. The summed E-state index contributed by atoms with van der Waals surface area (Å²) in [4.78, 5) is 29.2. The van der Waals surface area contributed by atoms with Gasteiger partial charge in [0.1, 0.15) is 6.04 Å². The lowest BCUT2D eigenvalue weighted by molar-refractivity contribution is -0.148. The number of nitrogens with zero attached hydrogens (tertiary/aromatic N) is 2. The Morgan fingerprint density at radius 2 is 1.88 bits per heavy atom. The van der Waals surface area contributed by atoms with Crippen LogP contribution >= 0.6 is 11.8 Å². The van der Waals surface area contributed by atoms with Crippen LogP contribution in [0.15, 0.2) is 29.2 Å². The molecule has 0 radical (unpaired) electrons. The lowest BCUT2D eigenvalue weighted by Gasteiger charge is -2.40. The van der Waals surface area contributed by atoms with E-state index in [1.165, 1.54) is 12.8 Å². The molecule has 6 heteroatoms. The van der Waals surface area contributed by atoms with Gasteiger partial charge in [-0.05, 0) is 36.8 Å². The maximum atomic E-state index is 12.5. The van der Waals surface area contributed by atoms with Crippen molar-refractivity contribution in [2.45, 2.75) is 42.7 Å². The van der Waals surface area contributed by atoms with Crippen LogP contribution in [0.4, 0.5) is 0 Å². The van der Waals surface area contributed by atoms with Crippen LogP contribution in [0, 0.1) is 0 Å². The molecule has 1 aromatic rings. The van der Waals surface area contributed by atoms with Crippen LogP contribution in [0.25, 0.3) is 0 Å². The number of carboxylic acids is 1. The Morgan fingerprint density at radius 3 is 2.42 bits per heavy atom. The summed E-state index contributed by atoms with van der Waals surface area (Å²) in [6.07, 6.45) is 6.55. The molecule has 2 aliphatic rings. The van der Waals surface area contributed by atoms with Crippen molar-refractivity contribution < 1.29 is 14.7 Å². The molecule has 130 valence electrons. The van der Waals surface area contributed by atoms with Crippen LogP contribution in [0.1, 0.15) is 37.3 Å². The first-order valence-corrected chi connectivity index (χ1v) is 9.73. The number of carbonyl (C=O) groups excluding carboxylic acids is 1. The quantitative estimate of drug-likeness (QED) is 0.829. The molecule has 1 aromatic carbocycles. The highest BCUT2D eigenvalue weighted by Crippen LogP contribution is 2.28. The van der Waals surface area contributed by atoms with Gasteiger partial charge >= 0.3 is 5.97 Å². The summed E-state index contributed by atoms with van der Waals surface area (Å²) >= 11 is 1.63. The number of hydrogen-bond donors (Lipinski definition) is 1. The van der Waals surface area contributed by atoms with Crippen LogP contribution in [-0.4, -0.2) is 58.7 Å². The minimum absolute atomic E-state index is 0.0696. The third-order valence-electron chi connectivity index (χ3n) is 5.08. The largest absolute Gasteiger partial charge is 0.480 e. The van der Waals surface area contributed by atoms with E-state index in [9.17, 15) is 14.7 Å². The first kappa shape index (κ1) is 17.3. The third kappa shape index (κ3) is 3.59. The highest BCUT2D eigenvalue weighted by molar-refractivity contribution is 7.98. The second-order valence-electron chi connectivity index (χ2n) is 6.51. The zero-order chi connectivity index (χ0) is 17.1. The number of amides is 1. The van der Waals surface area contributed by atoms with Crippen molar-refractivity contribution in [1.29, 1.82) is 0 Å². The van der Waals surface area contributed by atoms with Gasteiger partial charge in [0.05, 0.1) is 6.54 Å². The van der Waals surface area contributed by atoms with Gasteiger partial charge in [0.25, 0.3) is 0 Å². The molecule has 2 fully saturated rings. The Labute approximate surface area is 147 Å². The lowest BCUT2D eigenvalue weighted by Crippen LogP contribution is -2.55. The van der Waals surface area contributed by atoms with Gasteiger partial charge < -0.3 is 10.0 Å². The number of thioether (sulfide) groups is 1. The summed E-state index contributed by atoms with van der Waals surface area (Å²) in [6.45, 7) is 1.44. The molecule has 1 saturated carbocycles. The monoisotopic (exact) mass is 348 g/mol. The highest BCUT2D eigenvalue weighted by Gasteiger charge is 2.36. The molecular weight excluding hydrogens is 324 g/mol. The Kier molecular flexibility index (Phi) is 5.46. The third-order valence-corrected chi connectivity index (χ3v) is 5.83. The Bertz CT molecular complexity index is 599. The van der Waals surface area contributed by atoms with Gasteiger partial charge in [-0.2, -0.15) is 0 Å². The fourth-order valence-corrected chi connectivity index (χ4v) is 4.23.